The molecule has 1 saturated heterocycles. The molecular formula is C12H28N2. The topological polar surface area (TPSA) is 15.3 Å². The van der Waals surface area contributed by atoms with Crippen LogP contribution in [-0.4, -0.2) is 37.1 Å². The van der Waals surface area contributed by atoms with Gasteiger partial charge in [0.2, 0.25) is 0 Å². The van der Waals surface area contributed by atoms with Gasteiger partial charge in [-0.05, 0) is 19.9 Å². The van der Waals surface area contributed by atoms with E-state index in [0.717, 1.165) is 0 Å². The van der Waals surface area contributed by atoms with E-state index in [1.165, 1.54) is 38.9 Å². The monoisotopic (exact) mass is 200 g/mol. The van der Waals surface area contributed by atoms with E-state index in [1.807, 2.05) is 13.8 Å². The second-order valence-corrected chi connectivity index (χ2v) is 4.03. The summed E-state index contributed by atoms with van der Waals surface area (Å²) < 4.78 is 0. The van der Waals surface area contributed by atoms with Crippen LogP contribution in [0.2, 0.25) is 0 Å². The molecule has 0 amide bonds. The van der Waals surface area contributed by atoms with Crippen molar-refractivity contribution in [3.8, 4) is 0 Å². The van der Waals surface area contributed by atoms with Crippen LogP contribution in [0.15, 0.2) is 0 Å². The lowest BCUT2D eigenvalue weighted by Gasteiger charge is -2.33. The van der Waals surface area contributed by atoms with Gasteiger partial charge in [-0.15, -0.1) is 0 Å². The first kappa shape index (κ1) is 13.9. The van der Waals surface area contributed by atoms with Crippen LogP contribution in [-0.2, 0) is 0 Å². The molecule has 2 fully saturated rings. The molecule has 2 heteroatoms. The SMILES string of the molecule is CC.CCC.CN1CCNCC12CC2. The second kappa shape index (κ2) is 7.24. The molecule has 0 aromatic heterocycles. The highest BCUT2D eigenvalue weighted by Crippen LogP contribution is 2.40. The lowest BCUT2D eigenvalue weighted by molar-refractivity contribution is 0.180. The van der Waals surface area contributed by atoms with Gasteiger partial charge in [0.1, 0.15) is 0 Å². The van der Waals surface area contributed by atoms with Crippen LogP contribution in [0.25, 0.3) is 0 Å². The Balaban J connectivity index is 0.000000294. The fourth-order valence-corrected chi connectivity index (χ4v) is 1.64. The molecule has 1 spiro atoms. The van der Waals surface area contributed by atoms with E-state index in [-0.39, 0.29) is 0 Å². The van der Waals surface area contributed by atoms with E-state index in [4.69, 9.17) is 0 Å². The number of rotatable bonds is 0. The quantitative estimate of drug-likeness (QED) is 0.646. The molecule has 0 bridgehead atoms. The zero-order chi connectivity index (χ0) is 11.0. The molecule has 2 rings (SSSR count). The van der Waals surface area contributed by atoms with Crippen LogP contribution in [0.4, 0.5) is 0 Å². The molecule has 14 heavy (non-hydrogen) atoms. The molecule has 0 unspecified atom stereocenters. The third-order valence-electron chi connectivity index (χ3n) is 2.71. The Morgan fingerprint density at radius 1 is 1.21 bits per heavy atom. The number of hydrogen-bond donors (Lipinski definition) is 1. The molecule has 1 N–H and O–H groups in total. The molecule has 1 heterocycles. The van der Waals surface area contributed by atoms with Crippen LogP contribution >= 0.6 is 0 Å². The summed E-state index contributed by atoms with van der Waals surface area (Å²) in [7, 11) is 2.24. The summed E-state index contributed by atoms with van der Waals surface area (Å²) in [6.45, 7) is 11.9. The summed E-state index contributed by atoms with van der Waals surface area (Å²) in [5.74, 6) is 0. The second-order valence-electron chi connectivity index (χ2n) is 4.03. The van der Waals surface area contributed by atoms with Crippen molar-refractivity contribution < 1.29 is 0 Å². The van der Waals surface area contributed by atoms with Crippen molar-refractivity contribution in [1.29, 1.82) is 0 Å². The molecule has 1 saturated carbocycles. The van der Waals surface area contributed by atoms with Crippen LogP contribution in [0.1, 0.15) is 47.0 Å². The maximum atomic E-state index is 3.43. The van der Waals surface area contributed by atoms with Crippen molar-refractivity contribution in [3.05, 3.63) is 0 Å². The summed E-state index contributed by atoms with van der Waals surface area (Å²) >= 11 is 0. The highest BCUT2D eigenvalue weighted by atomic mass is 15.3. The van der Waals surface area contributed by atoms with E-state index < -0.39 is 0 Å². The van der Waals surface area contributed by atoms with Crippen molar-refractivity contribution in [1.82, 2.24) is 10.2 Å². The third kappa shape index (κ3) is 3.97. The predicted octanol–water partition coefficient (Wildman–Crippen LogP) is 2.50. The lowest BCUT2D eigenvalue weighted by atomic mass is 10.2. The van der Waals surface area contributed by atoms with Crippen molar-refractivity contribution in [3.63, 3.8) is 0 Å². The summed E-state index contributed by atoms with van der Waals surface area (Å²) in [6, 6.07) is 0. The van der Waals surface area contributed by atoms with Crippen molar-refractivity contribution in [2.75, 3.05) is 26.7 Å². The van der Waals surface area contributed by atoms with E-state index in [2.05, 4.69) is 31.1 Å². The average Bonchev–Trinajstić information content (AvgIpc) is 2.97. The molecule has 0 aromatic rings. The summed E-state index contributed by atoms with van der Waals surface area (Å²) in [5, 5.41) is 3.43. The highest BCUT2D eigenvalue weighted by Gasteiger charge is 2.46. The minimum Gasteiger partial charge on any atom is -0.314 e. The first-order valence-electron chi connectivity index (χ1n) is 6.17. The van der Waals surface area contributed by atoms with E-state index in [0.29, 0.717) is 5.54 Å². The first-order chi connectivity index (χ1) is 6.75. The van der Waals surface area contributed by atoms with Gasteiger partial charge in [0.25, 0.3) is 0 Å². The zero-order valence-corrected chi connectivity index (χ0v) is 10.7. The van der Waals surface area contributed by atoms with Gasteiger partial charge in [0, 0.05) is 25.2 Å². The minimum atomic E-state index is 0.609. The molecule has 1 aliphatic carbocycles. The Morgan fingerprint density at radius 3 is 2.00 bits per heavy atom. The Labute approximate surface area is 90.1 Å². The molecule has 1 aliphatic heterocycles. The van der Waals surface area contributed by atoms with E-state index in [9.17, 15) is 0 Å². The Bertz CT molecular complexity index is 130. The summed E-state index contributed by atoms with van der Waals surface area (Å²) in [5.41, 5.74) is 0.609. The highest BCUT2D eigenvalue weighted by molar-refractivity contribution is 5.06. The molecule has 2 nitrogen and oxygen atoms in total. The van der Waals surface area contributed by atoms with Crippen LogP contribution in [0, 0.1) is 0 Å². The third-order valence-corrected chi connectivity index (χ3v) is 2.71. The standard InChI is InChI=1S/C7H14N2.C3H8.C2H6/c1-9-5-4-8-6-7(9)2-3-7;1-3-2;1-2/h8H,2-6H2,1H3;3H2,1-2H3;1-2H3. The van der Waals surface area contributed by atoms with Gasteiger partial charge in [-0.25, -0.2) is 0 Å². The van der Waals surface area contributed by atoms with E-state index in [1.54, 1.807) is 0 Å². The van der Waals surface area contributed by atoms with Crippen LogP contribution < -0.4 is 5.32 Å². The number of hydrogen-bond acceptors (Lipinski definition) is 2. The number of nitrogens with one attached hydrogen (secondary N) is 1. The summed E-state index contributed by atoms with van der Waals surface area (Å²) in [4.78, 5) is 2.50. The predicted molar refractivity (Wildman–Crippen MR) is 64.8 cm³/mol. The van der Waals surface area contributed by atoms with Gasteiger partial charge in [-0.1, -0.05) is 34.1 Å². The minimum absolute atomic E-state index is 0.609. The number of likely N-dealkylation sites (N-methyl/N-ethyl adjacent to an activating group) is 1. The molecular weight excluding hydrogens is 172 g/mol. The average molecular weight is 200 g/mol. The largest absolute Gasteiger partial charge is 0.314 e. The summed E-state index contributed by atoms with van der Waals surface area (Å²) in [6.07, 6.45) is 4.08. The van der Waals surface area contributed by atoms with Gasteiger partial charge in [-0.2, -0.15) is 0 Å². The molecule has 0 atom stereocenters. The fraction of sp³-hybridized carbons (Fsp3) is 1.00. The van der Waals surface area contributed by atoms with Crippen molar-refractivity contribution >= 4 is 0 Å². The van der Waals surface area contributed by atoms with Gasteiger partial charge in [-0.3, -0.25) is 4.90 Å². The maximum Gasteiger partial charge on any atom is 0.0332 e. The molecule has 0 aromatic carbocycles. The smallest absolute Gasteiger partial charge is 0.0332 e. The Kier molecular flexibility index (Phi) is 7.20. The molecule has 0 radical (unpaired) electrons. The maximum absolute atomic E-state index is 3.43. The van der Waals surface area contributed by atoms with Crippen LogP contribution in [0.5, 0.6) is 0 Å². The van der Waals surface area contributed by atoms with Gasteiger partial charge in [0.15, 0.2) is 0 Å². The van der Waals surface area contributed by atoms with E-state index >= 15 is 0 Å². The van der Waals surface area contributed by atoms with Crippen molar-refractivity contribution in [2.24, 2.45) is 0 Å². The number of nitrogens with zero attached hydrogens (tertiary/aromatic N) is 1. The zero-order valence-electron chi connectivity index (χ0n) is 10.7. The van der Waals surface area contributed by atoms with Crippen LogP contribution in [0.3, 0.4) is 0 Å². The molecule has 86 valence electrons. The Hall–Kier alpha value is -0.0800. The number of piperazine rings is 1. The fourth-order valence-electron chi connectivity index (χ4n) is 1.64. The van der Waals surface area contributed by atoms with Gasteiger partial charge < -0.3 is 5.32 Å². The van der Waals surface area contributed by atoms with Gasteiger partial charge in [0.05, 0.1) is 0 Å². The molecule has 2 aliphatic rings. The normalized spacial score (nSPS) is 22.9. The first-order valence-corrected chi connectivity index (χ1v) is 6.17. The lowest BCUT2D eigenvalue weighted by Crippen LogP contribution is -2.51. The Morgan fingerprint density at radius 2 is 1.71 bits per heavy atom. The van der Waals surface area contributed by atoms with Gasteiger partial charge >= 0.3 is 0 Å². The van der Waals surface area contributed by atoms with Crippen molar-refractivity contribution in [2.45, 2.75) is 52.5 Å².